The molecule has 0 spiro atoms. The molecule has 0 saturated carbocycles. The van der Waals surface area contributed by atoms with E-state index >= 15 is 4.39 Å². The number of hydrogen-bond donors (Lipinski definition) is 0. The predicted molar refractivity (Wildman–Crippen MR) is 124 cm³/mol. The largest absolute Gasteiger partial charge is 0.432 e. The zero-order valence-electron chi connectivity index (χ0n) is 20.5. The van der Waals surface area contributed by atoms with Gasteiger partial charge in [0.05, 0.1) is 12.7 Å². The molecule has 1 aliphatic heterocycles. The number of halogens is 8. The van der Waals surface area contributed by atoms with Crippen LogP contribution in [-0.4, -0.2) is 6.61 Å². The number of ether oxygens (including phenoxy) is 2. The van der Waals surface area contributed by atoms with Crippen molar-refractivity contribution in [1.29, 1.82) is 0 Å². The zero-order chi connectivity index (χ0) is 27.8. The van der Waals surface area contributed by atoms with E-state index in [2.05, 4.69) is 11.7 Å². The van der Waals surface area contributed by atoms with Crippen molar-refractivity contribution in [3.05, 3.63) is 88.0 Å². The molecule has 0 N–H and O–H groups in total. The van der Waals surface area contributed by atoms with Crippen LogP contribution in [0.25, 0.3) is 11.1 Å². The van der Waals surface area contributed by atoms with Crippen molar-refractivity contribution in [2.45, 2.75) is 51.7 Å². The van der Waals surface area contributed by atoms with Gasteiger partial charge in [-0.2, -0.15) is 8.78 Å². The fourth-order valence-electron chi connectivity index (χ4n) is 4.81. The van der Waals surface area contributed by atoms with Crippen LogP contribution < -0.4 is 4.74 Å². The predicted octanol–water partition coefficient (Wildman–Crippen LogP) is 8.89. The summed E-state index contributed by atoms with van der Waals surface area (Å²) in [6, 6.07) is 4.07. The van der Waals surface area contributed by atoms with Crippen molar-refractivity contribution < 1.29 is 44.6 Å². The summed E-state index contributed by atoms with van der Waals surface area (Å²) in [5, 5.41) is 0. The highest BCUT2D eigenvalue weighted by Gasteiger charge is 2.42. The summed E-state index contributed by atoms with van der Waals surface area (Å²) in [7, 11) is 0. The van der Waals surface area contributed by atoms with Crippen LogP contribution in [-0.2, 0) is 10.8 Å². The lowest BCUT2D eigenvalue weighted by atomic mass is 9.89. The minimum absolute atomic E-state index is 0.108. The number of aryl methyl sites for hydroxylation is 1. The minimum atomic E-state index is -4.74. The summed E-state index contributed by atoms with van der Waals surface area (Å²) in [6.07, 6.45) is -1.39. The monoisotopic (exact) mass is 544 g/mol. The number of alkyl halides is 2. The maximum Gasteiger partial charge on any atom is 0.432 e. The molecule has 1 fully saturated rings. The molecule has 204 valence electrons. The lowest BCUT2D eigenvalue weighted by molar-refractivity contribution is -0.189. The molecule has 0 aromatic heterocycles. The second-order valence-corrected chi connectivity index (χ2v) is 9.38. The number of hydrogen-bond acceptors (Lipinski definition) is 2. The Morgan fingerprint density at radius 1 is 0.842 bits per heavy atom. The van der Waals surface area contributed by atoms with E-state index in [1.54, 1.807) is 6.07 Å². The SMILES string of the molecule is CCCC1CCC(c2cc(C)c(-c3cc(F)c(C(F)(F)Oc4cc(F)c(F)c(F)c4)c(F)c3)c(F)c2)OC1. The molecule has 3 aromatic rings. The van der Waals surface area contributed by atoms with Gasteiger partial charge in [0.15, 0.2) is 17.5 Å². The van der Waals surface area contributed by atoms with Crippen LogP contribution in [0.3, 0.4) is 0 Å². The molecule has 0 radical (unpaired) electrons. The van der Waals surface area contributed by atoms with Gasteiger partial charge in [0.2, 0.25) is 0 Å². The van der Waals surface area contributed by atoms with Gasteiger partial charge in [-0.25, -0.2) is 26.3 Å². The summed E-state index contributed by atoms with van der Waals surface area (Å²) in [5.41, 5.74) is -1.52. The van der Waals surface area contributed by atoms with Gasteiger partial charge in [0, 0.05) is 17.7 Å². The first-order valence-electron chi connectivity index (χ1n) is 12.0. The Hall–Kier alpha value is -3.14. The summed E-state index contributed by atoms with van der Waals surface area (Å²) < 4.78 is 124. The molecule has 1 aliphatic rings. The lowest BCUT2D eigenvalue weighted by Gasteiger charge is -2.29. The molecule has 1 heterocycles. The standard InChI is InChI=1S/C28H24F8O2/c1-3-4-15-5-6-24(37-13-15)16-7-14(2)25(19(29)8-16)17-9-20(30)26(21(31)10-17)28(35,36)38-18-11-22(32)27(34)23(33)12-18/h7-12,15,24H,3-6,13H2,1-2H3. The van der Waals surface area contributed by atoms with Crippen LogP contribution in [0.4, 0.5) is 35.1 Å². The Bertz CT molecular complexity index is 1260. The van der Waals surface area contributed by atoms with Crippen molar-refractivity contribution in [3.8, 4) is 16.9 Å². The number of benzene rings is 3. The molecule has 38 heavy (non-hydrogen) atoms. The Labute approximate surface area is 214 Å². The third kappa shape index (κ3) is 5.65. The summed E-state index contributed by atoms with van der Waals surface area (Å²) in [4.78, 5) is 0. The first-order valence-corrected chi connectivity index (χ1v) is 12.0. The van der Waals surface area contributed by atoms with E-state index in [9.17, 15) is 30.7 Å². The van der Waals surface area contributed by atoms with Crippen LogP contribution in [0.2, 0.25) is 0 Å². The van der Waals surface area contributed by atoms with Gasteiger partial charge in [-0.3, -0.25) is 0 Å². The van der Waals surface area contributed by atoms with E-state index in [4.69, 9.17) is 4.74 Å². The average molecular weight is 544 g/mol. The lowest BCUT2D eigenvalue weighted by Crippen LogP contribution is -2.25. The normalized spacial score (nSPS) is 18.1. The Morgan fingerprint density at radius 2 is 1.47 bits per heavy atom. The highest BCUT2D eigenvalue weighted by atomic mass is 19.3. The third-order valence-electron chi connectivity index (χ3n) is 6.57. The molecule has 3 aromatic carbocycles. The van der Waals surface area contributed by atoms with Gasteiger partial charge >= 0.3 is 6.11 Å². The average Bonchev–Trinajstić information content (AvgIpc) is 2.82. The highest BCUT2D eigenvalue weighted by molar-refractivity contribution is 5.69. The van der Waals surface area contributed by atoms with Gasteiger partial charge in [-0.05, 0) is 67.0 Å². The van der Waals surface area contributed by atoms with Gasteiger partial charge in [0.1, 0.15) is 28.8 Å². The fraction of sp³-hybridized carbons (Fsp3) is 0.357. The highest BCUT2D eigenvalue weighted by Crippen LogP contribution is 2.40. The van der Waals surface area contributed by atoms with Gasteiger partial charge < -0.3 is 9.47 Å². The summed E-state index contributed by atoms with van der Waals surface area (Å²) in [5.74, 6) is -10.7. The van der Waals surface area contributed by atoms with E-state index in [1.807, 2.05) is 0 Å². The molecule has 0 bridgehead atoms. The molecule has 0 amide bonds. The molecule has 0 aliphatic carbocycles. The number of rotatable bonds is 7. The van der Waals surface area contributed by atoms with Crippen LogP contribution in [0.1, 0.15) is 55.4 Å². The van der Waals surface area contributed by atoms with Crippen molar-refractivity contribution in [2.75, 3.05) is 6.61 Å². The first-order chi connectivity index (χ1) is 17.9. The van der Waals surface area contributed by atoms with E-state index in [0.29, 0.717) is 42.2 Å². The fourth-order valence-corrected chi connectivity index (χ4v) is 4.81. The molecule has 2 unspecified atom stereocenters. The van der Waals surface area contributed by atoms with Gasteiger partial charge in [-0.15, -0.1) is 0 Å². The molecule has 2 nitrogen and oxygen atoms in total. The van der Waals surface area contributed by atoms with E-state index < -0.39 is 52.3 Å². The van der Waals surface area contributed by atoms with Crippen LogP contribution >= 0.6 is 0 Å². The van der Waals surface area contributed by atoms with Gasteiger partial charge in [-0.1, -0.05) is 19.4 Å². The topological polar surface area (TPSA) is 18.5 Å². The second kappa shape index (κ2) is 10.9. The smallest absolute Gasteiger partial charge is 0.429 e. The zero-order valence-corrected chi connectivity index (χ0v) is 20.5. The Balaban J connectivity index is 1.62. The van der Waals surface area contributed by atoms with E-state index in [0.717, 1.165) is 19.3 Å². The Morgan fingerprint density at radius 3 is 2.00 bits per heavy atom. The van der Waals surface area contributed by atoms with Crippen molar-refractivity contribution >= 4 is 0 Å². The van der Waals surface area contributed by atoms with E-state index in [-0.39, 0.29) is 29.4 Å². The summed E-state index contributed by atoms with van der Waals surface area (Å²) >= 11 is 0. The molecular formula is C28H24F8O2. The Kier molecular flexibility index (Phi) is 8.01. The van der Waals surface area contributed by atoms with Crippen molar-refractivity contribution in [3.63, 3.8) is 0 Å². The molecule has 10 heteroatoms. The second-order valence-electron chi connectivity index (χ2n) is 9.38. The quantitative estimate of drug-likeness (QED) is 0.219. The van der Waals surface area contributed by atoms with Crippen molar-refractivity contribution in [1.82, 2.24) is 0 Å². The minimum Gasteiger partial charge on any atom is -0.429 e. The van der Waals surface area contributed by atoms with Crippen LogP contribution in [0, 0.1) is 47.7 Å². The van der Waals surface area contributed by atoms with E-state index in [1.165, 1.54) is 13.0 Å². The molecule has 2 atom stereocenters. The third-order valence-corrected chi connectivity index (χ3v) is 6.57. The van der Waals surface area contributed by atoms with Gasteiger partial charge in [0.25, 0.3) is 0 Å². The summed E-state index contributed by atoms with van der Waals surface area (Å²) in [6.45, 7) is 4.15. The maximum atomic E-state index is 15.2. The first kappa shape index (κ1) is 27.9. The maximum absolute atomic E-state index is 15.2. The molecule has 4 rings (SSSR count). The van der Waals surface area contributed by atoms with Crippen LogP contribution in [0.5, 0.6) is 5.75 Å². The van der Waals surface area contributed by atoms with Crippen LogP contribution in [0.15, 0.2) is 36.4 Å². The van der Waals surface area contributed by atoms with Crippen molar-refractivity contribution in [2.24, 2.45) is 5.92 Å². The molecular weight excluding hydrogens is 520 g/mol. The molecule has 1 saturated heterocycles.